The van der Waals surface area contributed by atoms with Gasteiger partial charge in [-0.2, -0.15) is 0 Å². The molecule has 0 saturated heterocycles. The normalized spacial score (nSPS) is 11.8. The van der Waals surface area contributed by atoms with E-state index in [1.165, 1.54) is 0 Å². The van der Waals surface area contributed by atoms with Crippen LogP contribution in [0.15, 0.2) is 36.4 Å². The highest BCUT2D eigenvalue weighted by Gasteiger charge is 2.16. The van der Waals surface area contributed by atoms with E-state index in [1.807, 2.05) is 45.0 Å². The molecule has 0 heterocycles. The van der Waals surface area contributed by atoms with E-state index >= 15 is 0 Å². The monoisotopic (exact) mass is 298 g/mol. The van der Waals surface area contributed by atoms with Crippen LogP contribution in [0.3, 0.4) is 0 Å². The molecule has 116 valence electrons. The Balaban J connectivity index is 2.09. The van der Waals surface area contributed by atoms with Crippen molar-refractivity contribution in [3.05, 3.63) is 53.1 Å². The molecule has 2 aromatic rings. The Morgan fingerprint density at radius 2 is 1.77 bits per heavy atom. The third-order valence-electron chi connectivity index (χ3n) is 3.54. The van der Waals surface area contributed by atoms with Crippen LogP contribution in [0.4, 0.5) is 11.4 Å². The number of rotatable bonds is 4. The van der Waals surface area contributed by atoms with E-state index in [-0.39, 0.29) is 5.91 Å². The van der Waals surface area contributed by atoms with Gasteiger partial charge >= 0.3 is 0 Å². The van der Waals surface area contributed by atoms with Crippen molar-refractivity contribution in [1.29, 1.82) is 0 Å². The second kappa shape index (κ2) is 6.52. The third kappa shape index (κ3) is 3.79. The van der Waals surface area contributed by atoms with Gasteiger partial charge in [-0.25, -0.2) is 0 Å². The number of hydrogen-bond acceptors (Lipinski definition) is 3. The SMILES string of the molecule is Cc1ccc(C)c(OC(C)C(=O)Nc2cc(N)ccc2C)c1. The van der Waals surface area contributed by atoms with Crippen LogP contribution in [0, 0.1) is 20.8 Å². The number of nitrogens with two attached hydrogens (primary N) is 1. The number of amides is 1. The van der Waals surface area contributed by atoms with Crippen LogP contribution >= 0.6 is 0 Å². The number of ether oxygens (including phenoxy) is 1. The van der Waals surface area contributed by atoms with Crippen molar-refractivity contribution in [2.75, 3.05) is 11.1 Å². The molecule has 22 heavy (non-hydrogen) atoms. The number of anilines is 2. The first-order valence-electron chi connectivity index (χ1n) is 7.27. The molecule has 4 nitrogen and oxygen atoms in total. The van der Waals surface area contributed by atoms with Crippen molar-refractivity contribution < 1.29 is 9.53 Å². The van der Waals surface area contributed by atoms with Crippen LogP contribution in [0.1, 0.15) is 23.6 Å². The van der Waals surface area contributed by atoms with Crippen LogP contribution in [-0.4, -0.2) is 12.0 Å². The first-order valence-corrected chi connectivity index (χ1v) is 7.27. The molecule has 0 aliphatic carbocycles. The zero-order chi connectivity index (χ0) is 16.3. The third-order valence-corrected chi connectivity index (χ3v) is 3.54. The second-order valence-electron chi connectivity index (χ2n) is 5.59. The maximum absolute atomic E-state index is 12.3. The van der Waals surface area contributed by atoms with Crippen LogP contribution in [-0.2, 0) is 4.79 Å². The van der Waals surface area contributed by atoms with E-state index in [0.29, 0.717) is 11.4 Å². The number of carbonyl (C=O) groups excluding carboxylic acids is 1. The highest BCUT2D eigenvalue weighted by molar-refractivity contribution is 5.95. The van der Waals surface area contributed by atoms with E-state index in [2.05, 4.69) is 5.32 Å². The van der Waals surface area contributed by atoms with E-state index in [0.717, 1.165) is 22.4 Å². The zero-order valence-electron chi connectivity index (χ0n) is 13.4. The molecule has 0 bridgehead atoms. The number of carbonyl (C=O) groups is 1. The van der Waals surface area contributed by atoms with Gasteiger partial charge in [0.2, 0.25) is 0 Å². The summed E-state index contributed by atoms with van der Waals surface area (Å²) in [7, 11) is 0. The van der Waals surface area contributed by atoms with Crippen LogP contribution < -0.4 is 15.8 Å². The fourth-order valence-electron chi connectivity index (χ4n) is 2.09. The fraction of sp³-hybridized carbons (Fsp3) is 0.278. The molecular formula is C18H22N2O2. The van der Waals surface area contributed by atoms with Crippen molar-refractivity contribution in [2.24, 2.45) is 0 Å². The Morgan fingerprint density at radius 1 is 1.09 bits per heavy atom. The van der Waals surface area contributed by atoms with Gasteiger partial charge in [-0.1, -0.05) is 18.2 Å². The van der Waals surface area contributed by atoms with Crippen molar-refractivity contribution in [2.45, 2.75) is 33.8 Å². The van der Waals surface area contributed by atoms with Gasteiger partial charge in [-0.3, -0.25) is 4.79 Å². The maximum atomic E-state index is 12.3. The minimum Gasteiger partial charge on any atom is -0.481 e. The molecule has 0 spiro atoms. The second-order valence-corrected chi connectivity index (χ2v) is 5.59. The van der Waals surface area contributed by atoms with Gasteiger partial charge in [-0.05, 0) is 62.6 Å². The summed E-state index contributed by atoms with van der Waals surface area (Å²) in [5.41, 5.74) is 10.1. The molecule has 0 aromatic heterocycles. The summed E-state index contributed by atoms with van der Waals surface area (Å²) in [6, 6.07) is 11.4. The number of aryl methyl sites for hydroxylation is 3. The predicted octanol–water partition coefficient (Wildman–Crippen LogP) is 3.60. The van der Waals surface area contributed by atoms with Gasteiger partial charge in [0.1, 0.15) is 5.75 Å². The van der Waals surface area contributed by atoms with Gasteiger partial charge in [0, 0.05) is 11.4 Å². The maximum Gasteiger partial charge on any atom is 0.265 e. The quantitative estimate of drug-likeness (QED) is 0.848. The number of hydrogen-bond donors (Lipinski definition) is 2. The van der Waals surface area contributed by atoms with Crippen LogP contribution in [0.2, 0.25) is 0 Å². The lowest BCUT2D eigenvalue weighted by Crippen LogP contribution is -2.30. The Labute approximate surface area is 131 Å². The summed E-state index contributed by atoms with van der Waals surface area (Å²) in [6.07, 6.45) is -0.596. The van der Waals surface area contributed by atoms with E-state index in [1.54, 1.807) is 19.1 Å². The summed E-state index contributed by atoms with van der Waals surface area (Å²) in [5.74, 6) is 0.529. The molecule has 3 N–H and O–H groups in total. The molecule has 2 aromatic carbocycles. The molecule has 1 atom stereocenters. The Kier molecular flexibility index (Phi) is 4.71. The number of nitrogens with one attached hydrogen (secondary N) is 1. The summed E-state index contributed by atoms with van der Waals surface area (Å²) in [5, 5.41) is 2.86. The van der Waals surface area contributed by atoms with Gasteiger partial charge < -0.3 is 15.8 Å². The van der Waals surface area contributed by atoms with E-state index in [4.69, 9.17) is 10.5 Å². The predicted molar refractivity (Wildman–Crippen MR) is 90.2 cm³/mol. The average molecular weight is 298 g/mol. The van der Waals surface area contributed by atoms with Gasteiger partial charge in [0.15, 0.2) is 6.10 Å². The first-order chi connectivity index (χ1) is 10.4. The molecule has 0 saturated carbocycles. The average Bonchev–Trinajstić information content (AvgIpc) is 2.46. The summed E-state index contributed by atoms with van der Waals surface area (Å²) >= 11 is 0. The zero-order valence-corrected chi connectivity index (χ0v) is 13.4. The smallest absolute Gasteiger partial charge is 0.265 e. The topological polar surface area (TPSA) is 64.3 Å². The molecule has 1 amide bonds. The summed E-state index contributed by atoms with van der Waals surface area (Å²) in [4.78, 5) is 12.3. The minimum absolute atomic E-state index is 0.199. The largest absolute Gasteiger partial charge is 0.481 e. The lowest BCUT2D eigenvalue weighted by atomic mass is 10.1. The standard InChI is InChI=1S/C18H22N2O2/c1-11-5-6-13(3)17(9-11)22-14(4)18(21)20-16-10-15(19)8-7-12(16)2/h5-10,14H,19H2,1-4H3,(H,20,21). The molecule has 0 fully saturated rings. The molecule has 0 radical (unpaired) electrons. The van der Waals surface area contributed by atoms with Gasteiger partial charge in [0.05, 0.1) is 0 Å². The first kappa shape index (κ1) is 15.9. The van der Waals surface area contributed by atoms with Crippen LogP contribution in [0.5, 0.6) is 5.75 Å². The van der Waals surface area contributed by atoms with Gasteiger partial charge in [0.25, 0.3) is 5.91 Å². The molecule has 1 unspecified atom stereocenters. The fourth-order valence-corrected chi connectivity index (χ4v) is 2.09. The molecule has 0 aliphatic rings. The Morgan fingerprint density at radius 3 is 2.50 bits per heavy atom. The lowest BCUT2D eigenvalue weighted by Gasteiger charge is -2.17. The molecule has 2 rings (SSSR count). The van der Waals surface area contributed by atoms with Crippen molar-refractivity contribution in [3.8, 4) is 5.75 Å². The summed E-state index contributed by atoms with van der Waals surface area (Å²) in [6.45, 7) is 7.61. The molecule has 0 aliphatic heterocycles. The van der Waals surface area contributed by atoms with Crippen molar-refractivity contribution >= 4 is 17.3 Å². The summed E-state index contributed by atoms with van der Waals surface area (Å²) < 4.78 is 5.79. The van der Waals surface area contributed by atoms with Crippen molar-refractivity contribution in [3.63, 3.8) is 0 Å². The number of benzene rings is 2. The minimum atomic E-state index is -0.596. The molecule has 4 heteroatoms. The van der Waals surface area contributed by atoms with E-state index < -0.39 is 6.10 Å². The number of nitrogen functional groups attached to an aromatic ring is 1. The Hall–Kier alpha value is -2.49. The highest BCUT2D eigenvalue weighted by atomic mass is 16.5. The van der Waals surface area contributed by atoms with E-state index in [9.17, 15) is 4.79 Å². The van der Waals surface area contributed by atoms with Crippen LogP contribution in [0.25, 0.3) is 0 Å². The lowest BCUT2D eigenvalue weighted by molar-refractivity contribution is -0.122. The van der Waals surface area contributed by atoms with Gasteiger partial charge in [-0.15, -0.1) is 0 Å². The highest BCUT2D eigenvalue weighted by Crippen LogP contribution is 2.22. The van der Waals surface area contributed by atoms with Crippen molar-refractivity contribution in [1.82, 2.24) is 0 Å². The Bertz CT molecular complexity index is 695. The molecular weight excluding hydrogens is 276 g/mol.